The first-order valence-electron chi connectivity index (χ1n) is 8.94. The van der Waals surface area contributed by atoms with Crippen molar-refractivity contribution in [2.75, 3.05) is 20.8 Å². The molecule has 29 heavy (non-hydrogen) atoms. The number of methoxy groups -OCH3 is 2. The van der Waals surface area contributed by atoms with Crippen LogP contribution in [0.3, 0.4) is 0 Å². The molecule has 2 atom stereocenters. The van der Waals surface area contributed by atoms with Gasteiger partial charge in [-0.05, 0) is 17.7 Å². The molecular weight excluding hydrogens is 444 g/mol. The van der Waals surface area contributed by atoms with E-state index in [1.54, 1.807) is 11.2 Å². The number of rotatable bonds is 5. The van der Waals surface area contributed by atoms with Crippen LogP contribution in [-0.2, 0) is 25.5 Å². The van der Waals surface area contributed by atoms with Crippen LogP contribution < -0.4 is 5.32 Å². The highest BCUT2D eigenvalue weighted by Crippen LogP contribution is 2.33. The third-order valence-electron chi connectivity index (χ3n) is 4.75. The Bertz CT molecular complexity index is 898. The van der Waals surface area contributed by atoms with Crippen LogP contribution in [0, 0.1) is 0 Å². The minimum atomic E-state index is -1.15. The van der Waals surface area contributed by atoms with Gasteiger partial charge in [0.2, 0.25) is 0 Å². The number of fused-ring (bicyclic) bond motifs is 1. The lowest BCUT2D eigenvalue weighted by Crippen LogP contribution is -2.52. The number of aromatic nitrogens is 2. The van der Waals surface area contributed by atoms with E-state index in [1.165, 1.54) is 14.2 Å². The zero-order chi connectivity index (χ0) is 21.0. The number of H-pyrrole nitrogens is 1. The van der Waals surface area contributed by atoms with Gasteiger partial charge < -0.3 is 24.7 Å². The average Bonchev–Trinajstić information content (AvgIpc) is 3.21. The molecule has 0 bridgehead atoms. The van der Waals surface area contributed by atoms with Crippen molar-refractivity contribution in [1.82, 2.24) is 20.2 Å². The summed E-state index contributed by atoms with van der Waals surface area (Å²) in [6.45, 7) is 0.411. The van der Waals surface area contributed by atoms with Gasteiger partial charge >= 0.3 is 18.0 Å². The Balaban J connectivity index is 1.88. The molecule has 1 aliphatic heterocycles. The van der Waals surface area contributed by atoms with E-state index in [0.29, 0.717) is 13.0 Å². The Kier molecular flexibility index (Phi) is 6.53. The number of esters is 2. The number of amides is 2. The predicted molar refractivity (Wildman–Crippen MR) is 106 cm³/mol. The van der Waals surface area contributed by atoms with Crippen LogP contribution in [0.4, 0.5) is 4.79 Å². The third-order valence-corrected chi connectivity index (χ3v) is 5.28. The summed E-state index contributed by atoms with van der Waals surface area (Å²) in [4.78, 5) is 45.9. The van der Waals surface area contributed by atoms with Crippen LogP contribution in [0.25, 0.3) is 0 Å². The zero-order valence-electron chi connectivity index (χ0n) is 16.0. The molecule has 0 spiro atoms. The smallest absolute Gasteiger partial charge is 0.329 e. The number of nitrogens with zero attached hydrogens (tertiary/aromatic N) is 2. The maximum atomic E-state index is 13.1. The number of nitrogens with one attached hydrogen (secondary N) is 2. The molecule has 9 nitrogen and oxygen atoms in total. The fourth-order valence-electron chi connectivity index (χ4n) is 3.30. The molecule has 154 valence electrons. The summed E-state index contributed by atoms with van der Waals surface area (Å²) < 4.78 is 10.2. The highest BCUT2D eigenvalue weighted by Gasteiger charge is 2.36. The van der Waals surface area contributed by atoms with Crippen LogP contribution in [0.15, 0.2) is 35.1 Å². The largest absolute Gasteiger partial charge is 0.469 e. The van der Waals surface area contributed by atoms with Crippen molar-refractivity contribution < 1.29 is 23.9 Å². The summed E-state index contributed by atoms with van der Waals surface area (Å²) in [5.74, 6) is -1.35. The van der Waals surface area contributed by atoms with Gasteiger partial charge in [0, 0.05) is 23.1 Å². The first-order valence-corrected chi connectivity index (χ1v) is 9.73. The molecule has 1 aromatic carbocycles. The highest BCUT2D eigenvalue weighted by atomic mass is 79.9. The van der Waals surface area contributed by atoms with Crippen LogP contribution >= 0.6 is 15.9 Å². The first-order chi connectivity index (χ1) is 13.9. The van der Waals surface area contributed by atoms with Crippen molar-refractivity contribution in [1.29, 1.82) is 0 Å². The molecule has 0 saturated heterocycles. The number of benzene rings is 1. The summed E-state index contributed by atoms with van der Waals surface area (Å²) in [5, 5.41) is 2.60. The lowest BCUT2D eigenvalue weighted by molar-refractivity contribution is -0.149. The van der Waals surface area contributed by atoms with E-state index in [9.17, 15) is 14.4 Å². The molecule has 0 radical (unpaired) electrons. The summed E-state index contributed by atoms with van der Waals surface area (Å²) >= 11 is 3.41. The highest BCUT2D eigenvalue weighted by molar-refractivity contribution is 9.10. The topological polar surface area (TPSA) is 114 Å². The molecule has 0 fully saturated rings. The number of urea groups is 1. The number of aromatic amines is 1. The number of hydrogen-bond donors (Lipinski definition) is 2. The fourth-order valence-corrected chi connectivity index (χ4v) is 3.56. The van der Waals surface area contributed by atoms with Gasteiger partial charge in [0.1, 0.15) is 12.1 Å². The van der Waals surface area contributed by atoms with Gasteiger partial charge in [-0.15, -0.1) is 0 Å². The molecule has 2 heterocycles. The lowest BCUT2D eigenvalue weighted by Gasteiger charge is -2.36. The van der Waals surface area contributed by atoms with E-state index in [-0.39, 0.29) is 6.42 Å². The van der Waals surface area contributed by atoms with E-state index in [4.69, 9.17) is 4.74 Å². The minimum absolute atomic E-state index is 0.320. The van der Waals surface area contributed by atoms with Crippen LogP contribution in [0.5, 0.6) is 0 Å². The minimum Gasteiger partial charge on any atom is -0.469 e. The second-order valence-electron chi connectivity index (χ2n) is 6.47. The lowest BCUT2D eigenvalue weighted by atomic mass is 9.96. The van der Waals surface area contributed by atoms with Gasteiger partial charge in [0.05, 0.1) is 32.7 Å². The number of ether oxygens (including phenoxy) is 2. The summed E-state index contributed by atoms with van der Waals surface area (Å²) in [7, 11) is 2.41. The number of hydrogen-bond acceptors (Lipinski definition) is 6. The summed E-state index contributed by atoms with van der Waals surface area (Å²) in [5.41, 5.74) is 2.58. The Morgan fingerprint density at radius 2 is 2.00 bits per heavy atom. The first kappa shape index (κ1) is 20.8. The number of halogens is 1. The van der Waals surface area contributed by atoms with Gasteiger partial charge in [-0.1, -0.05) is 28.1 Å². The predicted octanol–water partition coefficient (Wildman–Crippen LogP) is 1.93. The molecule has 0 saturated carbocycles. The van der Waals surface area contributed by atoms with E-state index >= 15 is 0 Å². The molecule has 3 rings (SSSR count). The summed E-state index contributed by atoms with van der Waals surface area (Å²) in [6, 6.07) is 5.52. The molecule has 1 aromatic heterocycles. The number of carbonyl (C=O) groups excluding carboxylic acids is 3. The van der Waals surface area contributed by atoms with Crippen molar-refractivity contribution in [2.24, 2.45) is 0 Å². The molecular formula is C19H21BrN4O5. The standard InChI is InChI=1S/C19H21BrN4O5/c1-28-15(25)9-14(18(26)29-2)23-19(27)24-8-7-13-16(22-10-21-13)17(24)11-3-5-12(20)6-4-11/h3-6,10,14,17H,7-9H2,1-2H3,(H,21,22)(H,23,27)/t14-,17?/m1/s1. The van der Waals surface area contributed by atoms with Gasteiger partial charge in [-0.2, -0.15) is 0 Å². The molecule has 0 aliphatic carbocycles. The SMILES string of the molecule is COC(=O)C[C@@H](NC(=O)N1CCc2[nH]cnc2C1c1ccc(Br)cc1)C(=O)OC. The second-order valence-corrected chi connectivity index (χ2v) is 7.38. The maximum absolute atomic E-state index is 13.1. The normalized spacial score (nSPS) is 16.5. The fraction of sp³-hybridized carbons (Fsp3) is 0.368. The van der Waals surface area contributed by atoms with Crippen LogP contribution in [-0.4, -0.2) is 59.6 Å². The Morgan fingerprint density at radius 3 is 2.66 bits per heavy atom. The van der Waals surface area contributed by atoms with E-state index in [2.05, 4.69) is 36.0 Å². The van der Waals surface area contributed by atoms with Crippen molar-refractivity contribution in [3.8, 4) is 0 Å². The summed E-state index contributed by atoms with van der Waals surface area (Å²) in [6.07, 6.45) is 1.88. The van der Waals surface area contributed by atoms with E-state index in [1.807, 2.05) is 24.3 Å². The quantitative estimate of drug-likeness (QED) is 0.653. The van der Waals surface area contributed by atoms with Crippen molar-refractivity contribution in [3.05, 3.63) is 52.0 Å². The third kappa shape index (κ3) is 4.58. The molecule has 1 aliphatic rings. The number of carbonyl (C=O) groups is 3. The Labute approximate surface area is 175 Å². The van der Waals surface area contributed by atoms with Gasteiger partial charge in [-0.3, -0.25) is 4.79 Å². The van der Waals surface area contributed by atoms with E-state index in [0.717, 1.165) is 21.4 Å². The Hall–Kier alpha value is -2.88. The number of imidazole rings is 1. The van der Waals surface area contributed by atoms with Crippen molar-refractivity contribution in [3.63, 3.8) is 0 Å². The second kappa shape index (κ2) is 9.08. The van der Waals surface area contributed by atoms with Crippen molar-refractivity contribution in [2.45, 2.75) is 24.9 Å². The Morgan fingerprint density at radius 1 is 1.28 bits per heavy atom. The molecule has 1 unspecified atom stereocenters. The molecule has 2 amide bonds. The molecule has 2 N–H and O–H groups in total. The van der Waals surface area contributed by atoms with Gasteiger partial charge in [0.25, 0.3) is 0 Å². The van der Waals surface area contributed by atoms with Gasteiger partial charge in [-0.25, -0.2) is 14.6 Å². The van der Waals surface area contributed by atoms with E-state index < -0.39 is 30.1 Å². The van der Waals surface area contributed by atoms with Gasteiger partial charge in [0.15, 0.2) is 0 Å². The monoisotopic (exact) mass is 464 g/mol. The van der Waals surface area contributed by atoms with Crippen LogP contribution in [0.1, 0.15) is 29.4 Å². The zero-order valence-corrected chi connectivity index (χ0v) is 17.6. The molecule has 2 aromatic rings. The molecule has 10 heteroatoms. The van der Waals surface area contributed by atoms with Crippen molar-refractivity contribution >= 4 is 33.9 Å². The van der Waals surface area contributed by atoms with Crippen LogP contribution in [0.2, 0.25) is 0 Å². The maximum Gasteiger partial charge on any atom is 0.329 e. The average molecular weight is 465 g/mol.